The molecule has 0 saturated heterocycles. The number of hydrogen-bond donors (Lipinski definition) is 0. The third-order valence-electron chi connectivity index (χ3n) is 4.39. The third-order valence-corrected chi connectivity index (χ3v) is 4.39. The maximum Gasteiger partial charge on any atom is 0.416 e. The average Bonchev–Trinajstić information content (AvgIpc) is 2.52. The van der Waals surface area contributed by atoms with Crippen LogP contribution in [0.15, 0.2) is 48.5 Å². The van der Waals surface area contributed by atoms with Gasteiger partial charge >= 0.3 is 6.18 Å². The normalized spacial score (nSPS) is 13.5. The van der Waals surface area contributed by atoms with Crippen LogP contribution in [-0.2, 0) is 6.18 Å². The predicted molar refractivity (Wildman–Crippen MR) is 93.9 cm³/mol. The van der Waals surface area contributed by atoms with E-state index in [0.29, 0.717) is 23.3 Å². The van der Waals surface area contributed by atoms with Crippen molar-refractivity contribution in [2.45, 2.75) is 46.2 Å². The first-order valence-corrected chi connectivity index (χ1v) is 8.46. The number of benzene rings is 2. The fraction of sp³-hybridized carbons (Fsp3) is 0.429. The van der Waals surface area contributed by atoms with Gasteiger partial charge in [0.15, 0.2) is 0 Å². The first-order valence-electron chi connectivity index (χ1n) is 8.46. The zero-order chi connectivity index (χ0) is 17.9. The van der Waals surface area contributed by atoms with Gasteiger partial charge in [0.2, 0.25) is 0 Å². The highest BCUT2D eigenvalue weighted by Crippen LogP contribution is 2.34. The van der Waals surface area contributed by atoms with Gasteiger partial charge in [0.1, 0.15) is 0 Å². The molecule has 0 amide bonds. The molecular formula is C21H25F3. The molecule has 0 heterocycles. The summed E-state index contributed by atoms with van der Waals surface area (Å²) in [4.78, 5) is 0. The van der Waals surface area contributed by atoms with E-state index in [2.05, 4.69) is 39.8 Å². The van der Waals surface area contributed by atoms with Crippen molar-refractivity contribution < 1.29 is 13.2 Å². The van der Waals surface area contributed by atoms with E-state index in [1.807, 2.05) is 12.1 Å². The maximum atomic E-state index is 12.9. The molecule has 1 unspecified atom stereocenters. The minimum atomic E-state index is -4.31. The Bertz CT molecular complexity index is 652. The Morgan fingerprint density at radius 1 is 0.833 bits per heavy atom. The fourth-order valence-electron chi connectivity index (χ4n) is 3.10. The van der Waals surface area contributed by atoms with E-state index >= 15 is 0 Å². The average molecular weight is 334 g/mol. The quantitative estimate of drug-likeness (QED) is 0.544. The Hall–Kier alpha value is -1.77. The molecule has 130 valence electrons. The fourth-order valence-corrected chi connectivity index (χ4v) is 3.10. The van der Waals surface area contributed by atoms with E-state index in [1.54, 1.807) is 6.07 Å². The van der Waals surface area contributed by atoms with Crippen LogP contribution in [-0.4, -0.2) is 0 Å². The minimum absolute atomic E-state index is 0.473. The van der Waals surface area contributed by atoms with Gasteiger partial charge < -0.3 is 0 Å². The maximum absolute atomic E-state index is 12.9. The summed E-state index contributed by atoms with van der Waals surface area (Å²) in [5.41, 5.74) is 2.07. The molecule has 1 atom stereocenters. The van der Waals surface area contributed by atoms with Crippen molar-refractivity contribution in [1.82, 2.24) is 0 Å². The summed E-state index contributed by atoms with van der Waals surface area (Å²) >= 11 is 0. The molecule has 2 aromatic rings. The molecule has 24 heavy (non-hydrogen) atoms. The van der Waals surface area contributed by atoms with E-state index < -0.39 is 11.7 Å². The van der Waals surface area contributed by atoms with Crippen LogP contribution in [0.1, 0.15) is 51.2 Å². The van der Waals surface area contributed by atoms with Crippen LogP contribution in [0.4, 0.5) is 13.2 Å². The molecule has 0 spiro atoms. The standard InChI is InChI=1S/C21H25F3/c1-14(2)12-20(15(3)4)17-10-8-16(9-11-17)18-6-5-7-19(13-18)21(22,23)24/h5-11,13-15,20H,12H2,1-4H3. The highest BCUT2D eigenvalue weighted by Gasteiger charge is 2.30. The second kappa shape index (κ2) is 7.42. The lowest BCUT2D eigenvalue weighted by Crippen LogP contribution is -2.09. The predicted octanol–water partition coefficient (Wildman–Crippen LogP) is 7.16. The number of alkyl halides is 3. The van der Waals surface area contributed by atoms with Crippen LogP contribution >= 0.6 is 0 Å². The van der Waals surface area contributed by atoms with E-state index in [1.165, 1.54) is 17.7 Å². The highest BCUT2D eigenvalue weighted by molar-refractivity contribution is 5.64. The summed E-state index contributed by atoms with van der Waals surface area (Å²) in [6.45, 7) is 8.86. The zero-order valence-corrected chi connectivity index (χ0v) is 14.7. The lowest BCUT2D eigenvalue weighted by Gasteiger charge is -2.23. The summed E-state index contributed by atoms with van der Waals surface area (Å²) < 4.78 is 38.6. The molecule has 2 rings (SSSR count). The van der Waals surface area contributed by atoms with Gasteiger partial charge in [-0.1, -0.05) is 64.1 Å². The number of halogens is 3. The highest BCUT2D eigenvalue weighted by atomic mass is 19.4. The molecule has 2 aromatic carbocycles. The molecule has 0 radical (unpaired) electrons. The minimum Gasteiger partial charge on any atom is -0.166 e. The first-order chi connectivity index (χ1) is 11.2. The molecular weight excluding hydrogens is 309 g/mol. The van der Waals surface area contributed by atoms with Gasteiger partial charge in [-0.2, -0.15) is 13.2 Å². The lowest BCUT2D eigenvalue weighted by molar-refractivity contribution is -0.137. The van der Waals surface area contributed by atoms with Gasteiger partial charge in [-0.25, -0.2) is 0 Å². The molecule has 0 aliphatic heterocycles. The SMILES string of the molecule is CC(C)CC(c1ccc(-c2cccc(C(F)(F)F)c2)cc1)C(C)C. The van der Waals surface area contributed by atoms with E-state index in [0.717, 1.165) is 18.1 Å². The van der Waals surface area contributed by atoms with Gasteiger partial charge in [0.25, 0.3) is 0 Å². The molecule has 0 nitrogen and oxygen atoms in total. The van der Waals surface area contributed by atoms with Crippen LogP contribution in [0.5, 0.6) is 0 Å². The van der Waals surface area contributed by atoms with E-state index in [9.17, 15) is 13.2 Å². The Morgan fingerprint density at radius 2 is 1.46 bits per heavy atom. The first kappa shape index (κ1) is 18.6. The van der Waals surface area contributed by atoms with Crippen molar-refractivity contribution in [3.8, 4) is 11.1 Å². The van der Waals surface area contributed by atoms with Gasteiger partial charge in [0, 0.05) is 0 Å². The third kappa shape index (κ3) is 4.62. The smallest absolute Gasteiger partial charge is 0.166 e. The molecule has 0 aliphatic carbocycles. The second-order valence-corrected chi connectivity index (χ2v) is 7.18. The summed E-state index contributed by atoms with van der Waals surface area (Å²) in [5, 5.41) is 0. The van der Waals surface area contributed by atoms with Crippen molar-refractivity contribution in [2.75, 3.05) is 0 Å². The Labute approximate surface area is 142 Å². The molecule has 0 bridgehead atoms. The Kier molecular flexibility index (Phi) is 5.74. The summed E-state index contributed by atoms with van der Waals surface area (Å²) in [6.07, 6.45) is -3.20. The Balaban J connectivity index is 2.29. The van der Waals surface area contributed by atoms with Crippen molar-refractivity contribution >= 4 is 0 Å². The molecule has 0 aliphatic rings. The van der Waals surface area contributed by atoms with Crippen molar-refractivity contribution in [3.63, 3.8) is 0 Å². The molecule has 0 aromatic heterocycles. The van der Waals surface area contributed by atoms with Crippen LogP contribution in [0.2, 0.25) is 0 Å². The van der Waals surface area contributed by atoms with Crippen LogP contribution in [0, 0.1) is 11.8 Å². The Morgan fingerprint density at radius 3 is 1.96 bits per heavy atom. The lowest BCUT2D eigenvalue weighted by atomic mass is 9.82. The molecule has 0 N–H and O–H groups in total. The van der Waals surface area contributed by atoms with Crippen molar-refractivity contribution in [3.05, 3.63) is 59.7 Å². The van der Waals surface area contributed by atoms with Gasteiger partial charge in [0.05, 0.1) is 5.56 Å². The van der Waals surface area contributed by atoms with E-state index in [4.69, 9.17) is 0 Å². The number of rotatable bonds is 5. The monoisotopic (exact) mass is 334 g/mol. The van der Waals surface area contributed by atoms with Crippen molar-refractivity contribution in [1.29, 1.82) is 0 Å². The largest absolute Gasteiger partial charge is 0.416 e. The molecule has 3 heteroatoms. The van der Waals surface area contributed by atoms with Crippen LogP contribution < -0.4 is 0 Å². The number of hydrogen-bond acceptors (Lipinski definition) is 0. The van der Waals surface area contributed by atoms with Gasteiger partial charge in [-0.15, -0.1) is 0 Å². The molecule has 0 fully saturated rings. The van der Waals surface area contributed by atoms with Gasteiger partial charge in [-0.05, 0) is 53.0 Å². The van der Waals surface area contributed by atoms with E-state index in [-0.39, 0.29) is 0 Å². The van der Waals surface area contributed by atoms with Crippen molar-refractivity contribution in [2.24, 2.45) is 11.8 Å². The van der Waals surface area contributed by atoms with Crippen LogP contribution in [0.25, 0.3) is 11.1 Å². The van der Waals surface area contributed by atoms with Crippen LogP contribution in [0.3, 0.4) is 0 Å². The van der Waals surface area contributed by atoms with Gasteiger partial charge in [-0.3, -0.25) is 0 Å². The second-order valence-electron chi connectivity index (χ2n) is 7.18. The topological polar surface area (TPSA) is 0 Å². The summed E-state index contributed by atoms with van der Waals surface area (Å²) in [6, 6.07) is 13.5. The summed E-state index contributed by atoms with van der Waals surface area (Å²) in [7, 11) is 0. The summed E-state index contributed by atoms with van der Waals surface area (Å²) in [5.74, 6) is 1.62. The molecule has 0 saturated carbocycles. The zero-order valence-electron chi connectivity index (χ0n) is 14.7.